The van der Waals surface area contributed by atoms with Gasteiger partial charge in [0.2, 0.25) is 0 Å². The monoisotopic (exact) mass is 370 g/mol. The fraction of sp³-hybridized carbons (Fsp3) is 0.955. The zero-order chi connectivity index (χ0) is 19.3. The number of hydrogen-bond donors (Lipinski definition) is 2. The van der Waals surface area contributed by atoms with E-state index in [1.165, 1.54) is 109 Å². The van der Waals surface area contributed by atoms with E-state index in [2.05, 4.69) is 6.92 Å². The first-order chi connectivity index (χ1) is 12.7. The summed E-state index contributed by atoms with van der Waals surface area (Å²) in [6.07, 6.45) is 25.8. The molecule has 0 spiro atoms. The first kappa shape index (κ1) is 25.4. The summed E-state index contributed by atoms with van der Waals surface area (Å²) in [5.74, 6) is 4.56. The van der Waals surface area contributed by atoms with E-state index in [0.29, 0.717) is 6.42 Å². The molecule has 26 heavy (non-hydrogen) atoms. The van der Waals surface area contributed by atoms with E-state index in [1.54, 1.807) is 0 Å². The first-order valence-corrected chi connectivity index (χ1v) is 11.4. The molecule has 156 valence electrons. The second kappa shape index (κ2) is 20.7. The van der Waals surface area contributed by atoms with Crippen LogP contribution in [0.2, 0.25) is 0 Å². The second-order valence-electron chi connectivity index (χ2n) is 7.85. The van der Waals surface area contributed by atoms with Crippen molar-refractivity contribution < 1.29 is 10.0 Å². The van der Waals surface area contributed by atoms with E-state index in [9.17, 15) is 4.79 Å². The lowest BCUT2D eigenvalue weighted by atomic mass is 10.0. The van der Waals surface area contributed by atoms with E-state index in [0.717, 1.165) is 12.8 Å². The van der Waals surface area contributed by atoms with Crippen molar-refractivity contribution in [3.05, 3.63) is 0 Å². The van der Waals surface area contributed by atoms with E-state index < -0.39 is 5.91 Å². The molecule has 0 saturated heterocycles. The smallest absolute Gasteiger partial charge is 0.260 e. The predicted octanol–water partition coefficient (Wildman–Crippen LogP) is 6.90. The number of rotatable bonds is 20. The highest BCUT2D eigenvalue weighted by Crippen LogP contribution is 2.14. The van der Waals surface area contributed by atoms with Crippen LogP contribution in [0.5, 0.6) is 0 Å². The van der Waals surface area contributed by atoms with Gasteiger partial charge in [0.15, 0.2) is 0 Å². The highest BCUT2D eigenvalue weighted by Gasteiger charge is 2.04. The van der Waals surface area contributed by atoms with Crippen molar-refractivity contribution in [2.75, 3.05) is 0 Å². The lowest BCUT2D eigenvalue weighted by Gasteiger charge is -2.07. The van der Waals surface area contributed by atoms with Crippen LogP contribution in [-0.2, 0) is 4.79 Å². The molecule has 3 N–H and O–H groups in total. The summed E-state index contributed by atoms with van der Waals surface area (Å²) < 4.78 is 0. The third-order valence-electron chi connectivity index (χ3n) is 5.25. The summed E-state index contributed by atoms with van der Waals surface area (Å²) >= 11 is 0. The number of carbonyl (C=O) groups is 1. The quantitative estimate of drug-likeness (QED) is 0.0805. The molecule has 0 radical (unpaired) electrons. The van der Waals surface area contributed by atoms with Gasteiger partial charge in [-0.2, -0.15) is 5.17 Å². The maximum atomic E-state index is 11.1. The molecule has 0 fully saturated rings. The first-order valence-electron chi connectivity index (χ1n) is 11.4. The summed E-state index contributed by atoms with van der Waals surface area (Å²) in [5, 5.41) is 8.94. The Morgan fingerprint density at radius 1 is 0.615 bits per heavy atom. The summed E-state index contributed by atoms with van der Waals surface area (Å²) in [6.45, 7) is 2.28. The molecular formula is C22H46N2O2. The fourth-order valence-corrected chi connectivity index (χ4v) is 3.47. The molecule has 0 aromatic carbocycles. The molecule has 1 amide bonds. The van der Waals surface area contributed by atoms with Crippen LogP contribution in [0.4, 0.5) is 0 Å². The zero-order valence-corrected chi connectivity index (χ0v) is 17.5. The van der Waals surface area contributed by atoms with Crippen LogP contribution in [0.3, 0.4) is 0 Å². The van der Waals surface area contributed by atoms with Crippen molar-refractivity contribution in [3.63, 3.8) is 0 Å². The lowest BCUT2D eigenvalue weighted by molar-refractivity contribution is -0.166. The van der Waals surface area contributed by atoms with Crippen LogP contribution in [0.1, 0.15) is 135 Å². The minimum atomic E-state index is -0.392. The van der Waals surface area contributed by atoms with Crippen molar-refractivity contribution in [1.82, 2.24) is 5.17 Å². The average Bonchev–Trinajstić information content (AvgIpc) is 2.63. The Morgan fingerprint density at radius 3 is 1.15 bits per heavy atom. The van der Waals surface area contributed by atoms with Gasteiger partial charge in [0, 0.05) is 6.42 Å². The summed E-state index contributed by atoms with van der Waals surface area (Å²) in [6, 6.07) is 0. The zero-order valence-electron chi connectivity index (χ0n) is 17.5. The van der Waals surface area contributed by atoms with Crippen LogP contribution >= 0.6 is 0 Å². The number of hydroxylamine groups is 1. The molecule has 0 unspecified atom stereocenters. The number of hydrazine groups is 1. The minimum Gasteiger partial charge on any atom is -0.271 e. The van der Waals surface area contributed by atoms with Crippen LogP contribution in [0, 0.1) is 0 Å². The van der Waals surface area contributed by atoms with E-state index in [-0.39, 0.29) is 5.17 Å². The number of hydrogen-bond acceptors (Lipinski definition) is 3. The number of carbonyl (C=O) groups excluding carboxylic acids is 1. The van der Waals surface area contributed by atoms with Gasteiger partial charge in [-0.3, -0.25) is 10.0 Å². The van der Waals surface area contributed by atoms with Gasteiger partial charge in [0.1, 0.15) is 0 Å². The molecule has 0 aliphatic heterocycles. The summed E-state index contributed by atoms with van der Waals surface area (Å²) in [7, 11) is 0. The summed E-state index contributed by atoms with van der Waals surface area (Å²) in [5.41, 5.74) is 0. The molecule has 0 saturated carbocycles. The van der Waals surface area contributed by atoms with Gasteiger partial charge in [-0.05, 0) is 6.42 Å². The van der Waals surface area contributed by atoms with Gasteiger partial charge >= 0.3 is 0 Å². The van der Waals surface area contributed by atoms with Gasteiger partial charge < -0.3 is 0 Å². The lowest BCUT2D eigenvalue weighted by Crippen LogP contribution is -2.33. The van der Waals surface area contributed by atoms with Gasteiger partial charge in [-0.15, -0.1) is 0 Å². The summed E-state index contributed by atoms with van der Waals surface area (Å²) in [4.78, 5) is 11.1. The number of amides is 1. The maximum absolute atomic E-state index is 11.1. The third kappa shape index (κ3) is 19.7. The van der Waals surface area contributed by atoms with Crippen molar-refractivity contribution >= 4 is 5.91 Å². The molecule has 0 heterocycles. The van der Waals surface area contributed by atoms with Crippen LogP contribution < -0.4 is 5.84 Å². The van der Waals surface area contributed by atoms with Gasteiger partial charge in [0.05, 0.1) is 0 Å². The maximum Gasteiger partial charge on any atom is 0.260 e. The molecule has 0 aromatic rings. The Bertz CT molecular complexity index is 296. The largest absolute Gasteiger partial charge is 0.271 e. The molecule has 0 atom stereocenters. The van der Waals surface area contributed by atoms with Crippen molar-refractivity contribution in [2.24, 2.45) is 5.84 Å². The third-order valence-corrected chi connectivity index (χ3v) is 5.25. The van der Waals surface area contributed by atoms with Crippen LogP contribution in [0.25, 0.3) is 0 Å². The normalized spacial score (nSPS) is 11.0. The van der Waals surface area contributed by atoms with Crippen molar-refractivity contribution in [1.29, 1.82) is 0 Å². The minimum absolute atomic E-state index is 0.203. The SMILES string of the molecule is CCCCCCCCCCCCCCCCCCCCCC(=O)N(N)O. The number of nitrogens with zero attached hydrogens (tertiary/aromatic N) is 1. The topological polar surface area (TPSA) is 66.6 Å². The number of unbranched alkanes of at least 4 members (excludes halogenated alkanes) is 18. The Hall–Kier alpha value is -0.610. The molecule has 0 bridgehead atoms. The van der Waals surface area contributed by atoms with E-state index in [4.69, 9.17) is 11.0 Å². The van der Waals surface area contributed by atoms with Gasteiger partial charge in [-0.1, -0.05) is 122 Å². The molecule has 0 aliphatic carbocycles. The molecule has 0 rings (SSSR count). The van der Waals surface area contributed by atoms with E-state index in [1.807, 2.05) is 0 Å². The number of nitrogens with two attached hydrogens (primary N) is 1. The fourth-order valence-electron chi connectivity index (χ4n) is 3.47. The standard InChI is InChI=1S/C22H46N2O2/c1-2-3-4-5-6-7-8-9-10-11-12-13-14-15-16-17-18-19-20-21-22(25)24(23)26/h26H,2-21,23H2,1H3. The molecule has 0 aromatic heterocycles. The van der Waals surface area contributed by atoms with Crippen molar-refractivity contribution in [3.8, 4) is 0 Å². The van der Waals surface area contributed by atoms with Crippen LogP contribution in [-0.4, -0.2) is 16.3 Å². The predicted molar refractivity (Wildman–Crippen MR) is 111 cm³/mol. The Morgan fingerprint density at radius 2 is 0.885 bits per heavy atom. The molecule has 4 heteroatoms. The highest BCUT2D eigenvalue weighted by molar-refractivity contribution is 5.74. The molecule has 0 aliphatic rings. The molecule has 4 nitrogen and oxygen atoms in total. The Labute approximate surface area is 162 Å². The average molecular weight is 371 g/mol. The van der Waals surface area contributed by atoms with Gasteiger partial charge in [0.25, 0.3) is 5.91 Å². The van der Waals surface area contributed by atoms with Gasteiger partial charge in [-0.25, -0.2) is 5.84 Å². The Kier molecular flexibility index (Phi) is 20.2. The highest BCUT2D eigenvalue weighted by atomic mass is 16.5. The van der Waals surface area contributed by atoms with E-state index >= 15 is 0 Å². The van der Waals surface area contributed by atoms with Crippen molar-refractivity contribution in [2.45, 2.75) is 135 Å². The second-order valence-corrected chi connectivity index (χ2v) is 7.85. The Balaban J connectivity index is 3.04. The van der Waals surface area contributed by atoms with Crippen LogP contribution in [0.15, 0.2) is 0 Å². The molecular weight excluding hydrogens is 324 g/mol.